The van der Waals surface area contributed by atoms with Crippen molar-refractivity contribution in [2.75, 3.05) is 46.2 Å². The molecule has 8 heteroatoms. The average Bonchev–Trinajstić information content (AvgIpc) is 3.96. The third kappa shape index (κ3) is 10.2. The molecule has 0 amide bonds. The summed E-state index contributed by atoms with van der Waals surface area (Å²) in [6.07, 6.45) is -1.22. The van der Waals surface area contributed by atoms with Crippen LogP contribution >= 0.6 is 0 Å². The van der Waals surface area contributed by atoms with E-state index < -0.39 is 12.2 Å². The summed E-state index contributed by atoms with van der Waals surface area (Å²) in [5.41, 5.74) is 4.14. The quantitative estimate of drug-likeness (QED) is 0.106. The second kappa shape index (κ2) is 16.5. The fourth-order valence-electron chi connectivity index (χ4n) is 5.49. The van der Waals surface area contributed by atoms with Crippen molar-refractivity contribution in [3.05, 3.63) is 119 Å². The fourth-order valence-corrected chi connectivity index (χ4v) is 5.49. The van der Waals surface area contributed by atoms with Gasteiger partial charge in [0.1, 0.15) is 67.7 Å². The van der Waals surface area contributed by atoms with E-state index in [1.807, 2.05) is 79.7 Å². The molecule has 0 saturated carbocycles. The maximum atomic E-state index is 10.6. The molecule has 1 saturated heterocycles. The first-order chi connectivity index (χ1) is 23.5. The summed E-state index contributed by atoms with van der Waals surface area (Å²) in [7, 11) is 0. The molecule has 2 N–H and O–H groups in total. The minimum atomic E-state index is -0.791. The third-order valence-electron chi connectivity index (χ3n) is 8.98. The van der Waals surface area contributed by atoms with E-state index in [1.165, 1.54) is 5.56 Å². The van der Waals surface area contributed by atoms with Crippen LogP contribution < -0.4 is 18.9 Å². The summed E-state index contributed by atoms with van der Waals surface area (Å²) in [5.74, 6) is 2.91. The van der Waals surface area contributed by atoms with Gasteiger partial charge < -0.3 is 38.6 Å². The number of benzene rings is 4. The van der Waals surface area contributed by atoms with Gasteiger partial charge in [-0.25, -0.2) is 0 Å². The molecule has 8 nitrogen and oxygen atoms in total. The van der Waals surface area contributed by atoms with Crippen LogP contribution in [0.2, 0.25) is 0 Å². The first-order valence-corrected chi connectivity index (χ1v) is 17.0. The van der Waals surface area contributed by atoms with Gasteiger partial charge in [-0.2, -0.15) is 0 Å². The molecular formula is C41H50O8. The van der Waals surface area contributed by atoms with Crippen molar-refractivity contribution in [3.63, 3.8) is 0 Å². The minimum Gasteiger partial charge on any atom is -0.491 e. The highest BCUT2D eigenvalue weighted by molar-refractivity contribution is 5.43. The van der Waals surface area contributed by atoms with Gasteiger partial charge in [-0.1, -0.05) is 76.2 Å². The van der Waals surface area contributed by atoms with Crippen molar-refractivity contribution in [2.45, 2.75) is 63.8 Å². The molecule has 0 aliphatic carbocycles. The average molecular weight is 671 g/mol. The largest absolute Gasteiger partial charge is 0.491 e. The summed E-state index contributed by atoms with van der Waals surface area (Å²) in [6, 6.07) is 32.1. The lowest BCUT2D eigenvalue weighted by atomic mass is 9.78. The van der Waals surface area contributed by atoms with Crippen molar-refractivity contribution in [1.82, 2.24) is 0 Å². The normalized spacial score (nSPS) is 15.7. The molecule has 1 aliphatic heterocycles. The number of ether oxygens (including phenoxy) is 6. The Bertz CT molecular complexity index is 1560. The van der Waals surface area contributed by atoms with Gasteiger partial charge in [0.2, 0.25) is 0 Å². The van der Waals surface area contributed by atoms with E-state index in [0.29, 0.717) is 30.5 Å². The van der Waals surface area contributed by atoms with Crippen LogP contribution in [0.25, 0.3) is 0 Å². The maximum absolute atomic E-state index is 10.6. The molecular weight excluding hydrogens is 620 g/mol. The molecule has 0 spiro atoms. The Kier molecular flexibility index (Phi) is 12.2. The number of rotatable bonds is 19. The van der Waals surface area contributed by atoms with E-state index in [9.17, 15) is 10.2 Å². The summed E-state index contributed by atoms with van der Waals surface area (Å²) in [5, 5.41) is 20.5. The minimum absolute atomic E-state index is 0.113. The highest BCUT2D eigenvalue weighted by Gasteiger charge is 2.26. The Balaban J connectivity index is 1.06. The molecule has 3 unspecified atom stereocenters. The van der Waals surface area contributed by atoms with Gasteiger partial charge in [-0.05, 0) is 77.7 Å². The summed E-state index contributed by atoms with van der Waals surface area (Å²) >= 11 is 0. The van der Waals surface area contributed by atoms with Crippen molar-refractivity contribution in [1.29, 1.82) is 0 Å². The van der Waals surface area contributed by atoms with E-state index in [4.69, 9.17) is 28.4 Å². The monoisotopic (exact) mass is 670 g/mol. The topological polar surface area (TPSA) is 99.1 Å². The van der Waals surface area contributed by atoms with Crippen LogP contribution in [0.5, 0.6) is 23.0 Å². The van der Waals surface area contributed by atoms with Crippen LogP contribution in [0.4, 0.5) is 0 Å². The number of aliphatic hydroxyl groups is 2. The van der Waals surface area contributed by atoms with Crippen LogP contribution in [0.15, 0.2) is 97.1 Å². The van der Waals surface area contributed by atoms with Crippen molar-refractivity contribution in [2.24, 2.45) is 0 Å². The second-order valence-corrected chi connectivity index (χ2v) is 13.5. The Morgan fingerprint density at radius 3 is 1.16 bits per heavy atom. The standard InChI is InChI=1S/C41H50O8/c1-6-44-23-33(42)24-45-35-15-7-29(8-16-35)40(2,3)30-9-17-36(18-10-30)46-25-34(43)26-47-37-19-11-31(12-20-37)41(4,5)32-13-21-38(22-14-32)48-27-39-28-49-39/h7-22,33-34,39,42-43H,6,23-28H2,1-5H3. The Hall–Kier alpha value is -4.08. The SMILES string of the molecule is CCOCC(O)COc1ccc(C(C)(C)c2ccc(OCC(O)COc3ccc(C(C)(C)c4ccc(OCC5CO5)cc4)cc3)cc2)cc1. The predicted molar refractivity (Wildman–Crippen MR) is 190 cm³/mol. The molecule has 1 aliphatic rings. The molecule has 0 aromatic heterocycles. The van der Waals surface area contributed by atoms with E-state index in [1.54, 1.807) is 0 Å². The summed E-state index contributed by atoms with van der Waals surface area (Å²) < 4.78 is 33.7. The molecule has 4 aromatic carbocycles. The van der Waals surface area contributed by atoms with Gasteiger partial charge in [0.15, 0.2) is 0 Å². The van der Waals surface area contributed by atoms with E-state index in [2.05, 4.69) is 52.0 Å². The molecule has 262 valence electrons. The molecule has 4 aromatic rings. The molecule has 5 rings (SSSR count). The lowest BCUT2D eigenvalue weighted by molar-refractivity contribution is 0.0164. The lowest BCUT2D eigenvalue weighted by Gasteiger charge is -2.27. The second-order valence-electron chi connectivity index (χ2n) is 13.5. The van der Waals surface area contributed by atoms with Crippen molar-refractivity contribution < 1.29 is 38.6 Å². The van der Waals surface area contributed by atoms with Crippen LogP contribution in [0.3, 0.4) is 0 Å². The lowest BCUT2D eigenvalue weighted by Crippen LogP contribution is -2.25. The Labute approximate surface area is 290 Å². The maximum Gasteiger partial charge on any atom is 0.122 e. The predicted octanol–water partition coefficient (Wildman–Crippen LogP) is 6.71. The Morgan fingerprint density at radius 2 is 0.857 bits per heavy atom. The van der Waals surface area contributed by atoms with Crippen LogP contribution in [-0.4, -0.2) is 74.8 Å². The van der Waals surface area contributed by atoms with Gasteiger partial charge in [0.25, 0.3) is 0 Å². The first-order valence-electron chi connectivity index (χ1n) is 17.0. The van der Waals surface area contributed by atoms with E-state index >= 15 is 0 Å². The highest BCUT2D eigenvalue weighted by atomic mass is 16.6. The van der Waals surface area contributed by atoms with Gasteiger partial charge in [0.05, 0.1) is 13.2 Å². The third-order valence-corrected chi connectivity index (χ3v) is 8.98. The molecule has 1 fully saturated rings. The summed E-state index contributed by atoms with van der Waals surface area (Å²) in [6.45, 7) is 13.2. The smallest absolute Gasteiger partial charge is 0.122 e. The number of hydrogen-bond donors (Lipinski definition) is 2. The number of hydrogen-bond acceptors (Lipinski definition) is 8. The zero-order valence-corrected chi connectivity index (χ0v) is 29.3. The van der Waals surface area contributed by atoms with Gasteiger partial charge in [0, 0.05) is 17.4 Å². The molecule has 0 radical (unpaired) electrons. The molecule has 3 atom stereocenters. The van der Waals surface area contributed by atoms with Crippen molar-refractivity contribution >= 4 is 0 Å². The number of epoxide rings is 1. The molecule has 0 bridgehead atoms. The zero-order valence-electron chi connectivity index (χ0n) is 29.3. The van der Waals surface area contributed by atoms with Gasteiger partial charge in [-0.15, -0.1) is 0 Å². The van der Waals surface area contributed by atoms with Gasteiger partial charge in [-0.3, -0.25) is 0 Å². The molecule has 49 heavy (non-hydrogen) atoms. The summed E-state index contributed by atoms with van der Waals surface area (Å²) in [4.78, 5) is 0. The first kappa shape index (κ1) is 36.2. The van der Waals surface area contributed by atoms with Crippen molar-refractivity contribution in [3.8, 4) is 23.0 Å². The van der Waals surface area contributed by atoms with Crippen LogP contribution in [-0.2, 0) is 20.3 Å². The van der Waals surface area contributed by atoms with Crippen LogP contribution in [0.1, 0.15) is 56.9 Å². The highest BCUT2D eigenvalue weighted by Crippen LogP contribution is 2.35. The Morgan fingerprint density at radius 1 is 0.551 bits per heavy atom. The van der Waals surface area contributed by atoms with E-state index in [0.717, 1.165) is 29.0 Å². The van der Waals surface area contributed by atoms with E-state index in [-0.39, 0.29) is 43.4 Å². The number of aliphatic hydroxyl groups excluding tert-OH is 2. The van der Waals surface area contributed by atoms with Crippen LogP contribution in [0, 0.1) is 0 Å². The fraction of sp³-hybridized carbons (Fsp3) is 0.415. The molecule has 1 heterocycles. The zero-order chi connectivity index (χ0) is 34.9. The van der Waals surface area contributed by atoms with Gasteiger partial charge >= 0.3 is 0 Å².